The highest BCUT2D eigenvalue weighted by Gasteiger charge is 2.55. The van der Waals surface area contributed by atoms with Gasteiger partial charge in [-0.05, 0) is 25.7 Å². The van der Waals surface area contributed by atoms with Crippen LogP contribution in [0.3, 0.4) is 0 Å². The quantitative estimate of drug-likeness (QED) is 0.177. The van der Waals surface area contributed by atoms with Gasteiger partial charge in [0.05, 0.1) is 12.0 Å². The number of piperazine rings is 1. The van der Waals surface area contributed by atoms with E-state index in [9.17, 15) is 24.3 Å². The molecule has 12 nitrogen and oxygen atoms in total. The zero-order valence-corrected chi connectivity index (χ0v) is 18.9. The summed E-state index contributed by atoms with van der Waals surface area (Å²) >= 11 is 0. The predicted molar refractivity (Wildman–Crippen MR) is 115 cm³/mol. The number of ether oxygens (including phenoxy) is 1. The van der Waals surface area contributed by atoms with Gasteiger partial charge in [-0.1, -0.05) is 13.8 Å². The van der Waals surface area contributed by atoms with Crippen molar-refractivity contribution < 1.29 is 29.0 Å². The molecule has 2 aliphatic rings. The van der Waals surface area contributed by atoms with E-state index < -0.39 is 29.9 Å². The number of carbonyl (C=O) groups excluding carboxylic acids is 3. The molecule has 0 radical (unpaired) electrons. The first-order valence-corrected chi connectivity index (χ1v) is 10.8. The maximum absolute atomic E-state index is 12.8. The molecule has 0 spiro atoms. The second-order valence-electron chi connectivity index (χ2n) is 8.46. The van der Waals surface area contributed by atoms with Crippen LogP contribution in [0.4, 0.5) is 4.79 Å². The molecule has 0 aromatic heterocycles. The fourth-order valence-electron chi connectivity index (χ4n) is 3.63. The number of carboxylic acids is 1. The van der Waals surface area contributed by atoms with Crippen molar-refractivity contribution in [3.63, 3.8) is 0 Å². The minimum absolute atomic E-state index is 0.0273. The lowest BCUT2D eigenvalue weighted by molar-refractivity contribution is -0.167. The first-order chi connectivity index (χ1) is 15.0. The Labute approximate surface area is 187 Å². The third-order valence-electron chi connectivity index (χ3n) is 5.95. The topological polar surface area (TPSA) is 172 Å². The van der Waals surface area contributed by atoms with E-state index >= 15 is 0 Å². The third-order valence-corrected chi connectivity index (χ3v) is 5.95. The van der Waals surface area contributed by atoms with Gasteiger partial charge in [0.2, 0.25) is 11.8 Å². The number of aliphatic imine (C=N–C) groups is 1. The zero-order valence-electron chi connectivity index (χ0n) is 18.9. The summed E-state index contributed by atoms with van der Waals surface area (Å²) in [5.41, 5.74) is 10.5. The minimum atomic E-state index is -1.23. The molecule has 2 fully saturated rings. The van der Waals surface area contributed by atoms with E-state index in [1.54, 1.807) is 4.90 Å². The second kappa shape index (κ2) is 11.1. The van der Waals surface area contributed by atoms with Crippen molar-refractivity contribution in [1.29, 1.82) is 0 Å². The molecular formula is C20H34N6O6. The fourth-order valence-corrected chi connectivity index (χ4v) is 3.63. The largest absolute Gasteiger partial charge is 0.480 e. The van der Waals surface area contributed by atoms with E-state index in [4.69, 9.17) is 16.2 Å². The van der Waals surface area contributed by atoms with Gasteiger partial charge in [-0.15, -0.1) is 0 Å². The van der Waals surface area contributed by atoms with Gasteiger partial charge in [-0.3, -0.25) is 14.6 Å². The Bertz CT molecular complexity index is 745. The second-order valence-corrected chi connectivity index (χ2v) is 8.46. The number of aliphatic carboxylic acids is 1. The highest BCUT2D eigenvalue weighted by Crippen LogP contribution is 2.32. The van der Waals surface area contributed by atoms with Gasteiger partial charge in [0, 0.05) is 32.7 Å². The number of imide groups is 1. The molecule has 2 heterocycles. The summed E-state index contributed by atoms with van der Waals surface area (Å²) in [5, 5.41) is 9.54. The lowest BCUT2D eigenvalue weighted by Gasteiger charge is -2.46. The average molecular weight is 455 g/mol. The summed E-state index contributed by atoms with van der Waals surface area (Å²) in [7, 11) is 0. The van der Waals surface area contributed by atoms with Crippen LogP contribution in [-0.4, -0.2) is 101 Å². The molecule has 32 heavy (non-hydrogen) atoms. The van der Waals surface area contributed by atoms with Crippen molar-refractivity contribution >= 4 is 29.8 Å². The maximum atomic E-state index is 12.8. The molecule has 180 valence electrons. The highest BCUT2D eigenvalue weighted by molar-refractivity contribution is 6.07. The van der Waals surface area contributed by atoms with Crippen LogP contribution >= 0.6 is 0 Å². The normalized spacial score (nSPS) is 21.9. The van der Waals surface area contributed by atoms with E-state index in [1.165, 1.54) is 4.90 Å². The number of hydrogen-bond acceptors (Lipinski definition) is 6. The molecule has 2 aliphatic heterocycles. The van der Waals surface area contributed by atoms with Gasteiger partial charge in [0.25, 0.3) is 0 Å². The summed E-state index contributed by atoms with van der Waals surface area (Å²) in [5.74, 6) is -2.46. The van der Waals surface area contributed by atoms with Crippen molar-refractivity contribution in [1.82, 2.24) is 14.7 Å². The number of likely N-dealkylation sites (tertiary alicyclic amines) is 1. The third kappa shape index (κ3) is 6.09. The number of carboxylic acid groups (broad SMARTS) is 1. The molecule has 4 amide bonds. The Morgan fingerprint density at radius 1 is 1.12 bits per heavy atom. The van der Waals surface area contributed by atoms with Crippen molar-refractivity contribution in [2.24, 2.45) is 28.3 Å². The van der Waals surface area contributed by atoms with Crippen LogP contribution < -0.4 is 11.5 Å². The van der Waals surface area contributed by atoms with E-state index in [-0.39, 0.29) is 50.6 Å². The molecule has 12 heteroatoms. The van der Waals surface area contributed by atoms with E-state index in [1.807, 2.05) is 20.8 Å². The van der Waals surface area contributed by atoms with Crippen LogP contribution in [0.5, 0.6) is 0 Å². The van der Waals surface area contributed by atoms with Crippen LogP contribution in [-0.2, 0) is 19.1 Å². The lowest BCUT2D eigenvalue weighted by atomic mass is 9.84. The molecular weight excluding hydrogens is 420 g/mol. The number of β-lactam (4-membered cyclic amide) rings is 1. The number of carbonyl (C=O) groups is 4. The number of rotatable bonds is 9. The molecule has 0 aliphatic carbocycles. The van der Waals surface area contributed by atoms with Crippen LogP contribution in [0.25, 0.3) is 0 Å². The molecule has 3 atom stereocenters. The van der Waals surface area contributed by atoms with Crippen molar-refractivity contribution in [3.8, 4) is 0 Å². The van der Waals surface area contributed by atoms with Crippen LogP contribution in [0.2, 0.25) is 0 Å². The predicted octanol–water partition coefficient (Wildman–Crippen LogP) is -0.723. The van der Waals surface area contributed by atoms with Crippen LogP contribution in [0.15, 0.2) is 4.99 Å². The molecule has 2 saturated heterocycles. The maximum Gasteiger partial charge on any atom is 0.327 e. The summed E-state index contributed by atoms with van der Waals surface area (Å²) in [6.07, 6.45) is 0.658. The summed E-state index contributed by atoms with van der Waals surface area (Å²) < 4.78 is 5.57. The van der Waals surface area contributed by atoms with Crippen molar-refractivity contribution in [2.45, 2.75) is 45.8 Å². The SMILES string of the molecule is CC(C)C(C)OCC(=O)N1CCN(C(=O)N2C(=O)[C@H](CCCN=C(N)N)C2C(=O)O)CC1. The van der Waals surface area contributed by atoms with Gasteiger partial charge in [-0.25, -0.2) is 14.5 Å². The molecule has 0 aromatic carbocycles. The van der Waals surface area contributed by atoms with Gasteiger partial charge in [0.1, 0.15) is 6.61 Å². The standard InChI is InChI=1S/C20H34N6O6/c1-12(2)13(3)32-11-15(27)24-7-9-25(10-8-24)20(31)26-16(18(29)30)14(17(26)28)5-4-6-23-19(21)22/h12-14,16H,4-11H2,1-3H3,(H,29,30)(H4,21,22,23)/t13?,14-,16?/m1/s1. The van der Waals surface area contributed by atoms with E-state index in [0.29, 0.717) is 25.4 Å². The summed E-state index contributed by atoms with van der Waals surface area (Å²) in [4.78, 5) is 57.0. The smallest absolute Gasteiger partial charge is 0.327 e. The number of nitrogens with zero attached hydrogens (tertiary/aromatic N) is 4. The van der Waals surface area contributed by atoms with Gasteiger partial charge < -0.3 is 31.1 Å². The van der Waals surface area contributed by atoms with E-state index in [2.05, 4.69) is 4.99 Å². The molecule has 2 unspecified atom stereocenters. The molecule has 5 N–H and O–H groups in total. The first kappa shape index (κ1) is 25.4. The number of urea groups is 1. The molecule has 2 rings (SSSR count). The Kier molecular flexibility index (Phi) is 8.81. The molecule has 0 saturated carbocycles. The zero-order chi connectivity index (χ0) is 24.0. The number of guanidine groups is 1. The van der Waals surface area contributed by atoms with Gasteiger partial charge >= 0.3 is 12.0 Å². The van der Waals surface area contributed by atoms with Crippen LogP contribution in [0, 0.1) is 11.8 Å². The van der Waals surface area contributed by atoms with E-state index in [0.717, 1.165) is 4.90 Å². The Balaban J connectivity index is 1.86. The van der Waals surface area contributed by atoms with Gasteiger partial charge in [0.15, 0.2) is 12.0 Å². The minimum Gasteiger partial charge on any atom is -0.480 e. The van der Waals surface area contributed by atoms with Crippen LogP contribution in [0.1, 0.15) is 33.6 Å². The summed E-state index contributed by atoms with van der Waals surface area (Å²) in [6.45, 7) is 7.21. The van der Waals surface area contributed by atoms with Crippen molar-refractivity contribution in [2.75, 3.05) is 39.3 Å². The Hall–Kier alpha value is -2.89. The number of nitrogens with two attached hydrogens (primary N) is 2. The fraction of sp³-hybridized carbons (Fsp3) is 0.750. The number of hydrogen-bond donors (Lipinski definition) is 3. The van der Waals surface area contributed by atoms with Crippen molar-refractivity contribution in [3.05, 3.63) is 0 Å². The van der Waals surface area contributed by atoms with Gasteiger partial charge in [-0.2, -0.15) is 0 Å². The Morgan fingerprint density at radius 3 is 2.25 bits per heavy atom. The summed E-state index contributed by atoms with van der Waals surface area (Å²) in [6, 6.07) is -1.85. The molecule has 0 bridgehead atoms. The Morgan fingerprint density at radius 2 is 1.72 bits per heavy atom. The monoisotopic (exact) mass is 454 g/mol. The first-order valence-electron chi connectivity index (χ1n) is 10.8. The average Bonchev–Trinajstić information content (AvgIpc) is 2.74. The lowest BCUT2D eigenvalue weighted by Crippen LogP contribution is -2.69. The highest BCUT2D eigenvalue weighted by atomic mass is 16.5. The number of amides is 4. The molecule has 0 aromatic rings.